The van der Waals surface area contributed by atoms with E-state index in [1.165, 1.54) is 11.3 Å². The number of benzene rings is 1. The molecule has 0 saturated heterocycles. The van der Waals surface area contributed by atoms with Crippen molar-refractivity contribution in [2.75, 3.05) is 12.4 Å². The Morgan fingerprint density at radius 2 is 1.84 bits per heavy atom. The van der Waals surface area contributed by atoms with Gasteiger partial charge in [-0.3, -0.25) is 4.79 Å². The molecule has 1 aliphatic carbocycles. The Labute approximate surface area is 149 Å². The minimum absolute atomic E-state index is 0.327. The lowest BCUT2D eigenvalue weighted by atomic mass is 9.79. The molecule has 25 heavy (non-hydrogen) atoms. The summed E-state index contributed by atoms with van der Waals surface area (Å²) in [5, 5.41) is 23.0. The molecule has 2 aromatic rings. The van der Waals surface area contributed by atoms with Crippen LogP contribution in [0.1, 0.15) is 25.7 Å². The van der Waals surface area contributed by atoms with E-state index in [1.54, 1.807) is 7.11 Å². The first-order valence-corrected chi connectivity index (χ1v) is 8.90. The van der Waals surface area contributed by atoms with Crippen molar-refractivity contribution in [3.63, 3.8) is 0 Å². The number of carbonyl (C=O) groups is 2. The third-order valence-corrected chi connectivity index (χ3v) is 5.29. The van der Waals surface area contributed by atoms with Crippen LogP contribution in [0.2, 0.25) is 0 Å². The predicted octanol–water partition coefficient (Wildman–Crippen LogP) is 1.71. The number of aliphatic carboxylic acids is 1. The van der Waals surface area contributed by atoms with Crippen molar-refractivity contribution in [1.82, 2.24) is 10.2 Å². The van der Waals surface area contributed by atoms with Gasteiger partial charge in [-0.2, -0.15) is 0 Å². The highest BCUT2D eigenvalue weighted by Crippen LogP contribution is 2.32. The number of amides is 1. The average Bonchev–Trinajstić information content (AvgIpc) is 3.10. The summed E-state index contributed by atoms with van der Waals surface area (Å²) in [6.45, 7) is 0. The number of carboxylic acid groups (broad SMARTS) is 1. The van der Waals surface area contributed by atoms with Crippen LogP contribution < -0.4 is 15.2 Å². The Bertz CT molecular complexity index is 760. The predicted molar refractivity (Wildman–Crippen MR) is 91.0 cm³/mol. The highest BCUT2D eigenvalue weighted by Gasteiger charge is 2.32. The number of methoxy groups -OCH3 is 1. The maximum Gasteiger partial charge on any atom is 0.229 e. The second-order valence-electron chi connectivity index (χ2n) is 5.95. The standard InChI is InChI=1S/C17H19N3O4S/c1-24-11-8-6-10(7-9-11)15-19-20-17(25-15)18-14(21)12-4-2-3-5-13(12)16(22)23/h6-9,12-13H,2-5H2,1H3,(H,22,23)(H,18,20,21)/p-1/t12-,13-/m1/s1. The molecular formula is C17H18N3O4S-. The van der Waals surface area contributed by atoms with Gasteiger partial charge < -0.3 is 20.0 Å². The number of nitrogens with one attached hydrogen (secondary N) is 1. The zero-order valence-corrected chi connectivity index (χ0v) is 14.5. The van der Waals surface area contributed by atoms with Crippen LogP contribution in [0.3, 0.4) is 0 Å². The first kappa shape index (κ1) is 17.3. The third-order valence-electron chi connectivity index (χ3n) is 4.40. The number of carboxylic acids is 1. The average molecular weight is 360 g/mol. The van der Waals surface area contributed by atoms with E-state index in [4.69, 9.17) is 4.74 Å². The Hall–Kier alpha value is -2.48. The summed E-state index contributed by atoms with van der Waals surface area (Å²) in [6, 6.07) is 7.36. The van der Waals surface area contributed by atoms with E-state index < -0.39 is 17.8 Å². The van der Waals surface area contributed by atoms with Gasteiger partial charge in [0.05, 0.1) is 7.11 Å². The Balaban J connectivity index is 1.69. The Kier molecular flexibility index (Phi) is 5.28. The highest BCUT2D eigenvalue weighted by molar-refractivity contribution is 7.18. The molecule has 0 bridgehead atoms. The van der Waals surface area contributed by atoms with Crippen LogP contribution in [-0.2, 0) is 9.59 Å². The molecule has 0 unspecified atom stereocenters. The summed E-state index contributed by atoms with van der Waals surface area (Å²) in [5.41, 5.74) is 0.865. The van der Waals surface area contributed by atoms with Crippen LogP contribution in [0, 0.1) is 11.8 Å². The lowest BCUT2D eigenvalue weighted by molar-refractivity contribution is -0.313. The topological polar surface area (TPSA) is 104 Å². The number of carbonyl (C=O) groups excluding carboxylic acids is 2. The zero-order valence-electron chi connectivity index (χ0n) is 13.7. The number of anilines is 1. The van der Waals surface area contributed by atoms with E-state index in [2.05, 4.69) is 15.5 Å². The molecule has 0 radical (unpaired) electrons. The maximum absolute atomic E-state index is 12.4. The largest absolute Gasteiger partial charge is 0.550 e. The Morgan fingerprint density at radius 3 is 2.48 bits per heavy atom. The van der Waals surface area contributed by atoms with Gasteiger partial charge >= 0.3 is 0 Å². The molecule has 2 atom stereocenters. The molecule has 8 heteroatoms. The number of rotatable bonds is 5. The summed E-state index contributed by atoms with van der Waals surface area (Å²) in [4.78, 5) is 23.7. The van der Waals surface area contributed by atoms with Gasteiger partial charge in [0, 0.05) is 23.4 Å². The van der Waals surface area contributed by atoms with Crippen LogP contribution in [0.5, 0.6) is 5.75 Å². The maximum atomic E-state index is 12.4. The molecule has 0 aliphatic heterocycles. The normalized spacial score (nSPS) is 20.0. The third kappa shape index (κ3) is 3.96. The summed E-state index contributed by atoms with van der Waals surface area (Å²) >= 11 is 1.24. The van der Waals surface area contributed by atoms with Crippen molar-refractivity contribution in [3.8, 4) is 16.3 Å². The number of hydrogen-bond donors (Lipinski definition) is 1. The fourth-order valence-electron chi connectivity index (χ4n) is 3.05. The molecule has 7 nitrogen and oxygen atoms in total. The number of nitrogens with zero attached hydrogens (tertiary/aromatic N) is 2. The molecule has 1 heterocycles. The molecule has 1 N–H and O–H groups in total. The lowest BCUT2D eigenvalue weighted by Crippen LogP contribution is -2.42. The van der Waals surface area contributed by atoms with Crippen molar-refractivity contribution in [2.24, 2.45) is 11.8 Å². The van der Waals surface area contributed by atoms with Crippen LogP contribution in [0.4, 0.5) is 5.13 Å². The second kappa shape index (κ2) is 7.60. The van der Waals surface area contributed by atoms with Gasteiger partial charge in [-0.15, -0.1) is 10.2 Å². The quantitative estimate of drug-likeness (QED) is 0.870. The zero-order chi connectivity index (χ0) is 17.8. The van der Waals surface area contributed by atoms with Crippen LogP contribution in [0.15, 0.2) is 24.3 Å². The monoisotopic (exact) mass is 360 g/mol. The van der Waals surface area contributed by atoms with Crippen molar-refractivity contribution >= 4 is 28.3 Å². The van der Waals surface area contributed by atoms with Gasteiger partial charge in [-0.1, -0.05) is 24.2 Å². The van der Waals surface area contributed by atoms with E-state index in [9.17, 15) is 14.7 Å². The summed E-state index contributed by atoms with van der Waals surface area (Å²) in [6.07, 6.45) is 2.68. The first-order chi connectivity index (χ1) is 12.1. The molecule has 3 rings (SSSR count). The summed E-state index contributed by atoms with van der Waals surface area (Å²) in [7, 11) is 1.60. The van der Waals surface area contributed by atoms with Gasteiger partial charge in [0.2, 0.25) is 11.0 Å². The fraction of sp³-hybridized carbons (Fsp3) is 0.412. The minimum Gasteiger partial charge on any atom is -0.550 e. The number of ether oxygens (including phenoxy) is 1. The minimum atomic E-state index is -1.16. The van der Waals surface area contributed by atoms with Gasteiger partial charge in [-0.05, 0) is 37.1 Å². The van der Waals surface area contributed by atoms with E-state index >= 15 is 0 Å². The van der Waals surface area contributed by atoms with Crippen LogP contribution in [-0.4, -0.2) is 29.2 Å². The molecular weight excluding hydrogens is 342 g/mol. The highest BCUT2D eigenvalue weighted by atomic mass is 32.1. The van der Waals surface area contributed by atoms with Crippen molar-refractivity contribution in [2.45, 2.75) is 25.7 Å². The van der Waals surface area contributed by atoms with Gasteiger partial charge in [-0.25, -0.2) is 0 Å². The van der Waals surface area contributed by atoms with Crippen LogP contribution >= 0.6 is 11.3 Å². The van der Waals surface area contributed by atoms with Gasteiger partial charge in [0.25, 0.3) is 0 Å². The van der Waals surface area contributed by atoms with Gasteiger partial charge in [0.1, 0.15) is 10.8 Å². The smallest absolute Gasteiger partial charge is 0.229 e. The molecule has 1 aromatic carbocycles. The van der Waals surface area contributed by atoms with Gasteiger partial charge in [0.15, 0.2) is 0 Å². The molecule has 132 valence electrons. The van der Waals surface area contributed by atoms with E-state index in [0.717, 1.165) is 24.2 Å². The summed E-state index contributed by atoms with van der Waals surface area (Å²) < 4.78 is 5.12. The lowest BCUT2D eigenvalue weighted by Gasteiger charge is -2.30. The first-order valence-electron chi connectivity index (χ1n) is 8.08. The van der Waals surface area contributed by atoms with E-state index in [1.807, 2.05) is 24.3 Å². The molecule has 1 aliphatic rings. The molecule has 1 fully saturated rings. The molecule has 0 spiro atoms. The molecule has 1 aromatic heterocycles. The number of hydrogen-bond acceptors (Lipinski definition) is 7. The van der Waals surface area contributed by atoms with Crippen molar-refractivity contribution < 1.29 is 19.4 Å². The van der Waals surface area contributed by atoms with Crippen LogP contribution in [0.25, 0.3) is 10.6 Å². The van der Waals surface area contributed by atoms with E-state index in [-0.39, 0.29) is 5.91 Å². The molecule has 1 amide bonds. The fourth-order valence-corrected chi connectivity index (χ4v) is 3.80. The second-order valence-corrected chi connectivity index (χ2v) is 6.92. The Morgan fingerprint density at radius 1 is 1.16 bits per heavy atom. The molecule has 1 saturated carbocycles. The van der Waals surface area contributed by atoms with Crippen molar-refractivity contribution in [3.05, 3.63) is 24.3 Å². The van der Waals surface area contributed by atoms with E-state index in [0.29, 0.717) is 23.0 Å². The summed E-state index contributed by atoms with van der Waals surface area (Å²) in [5.74, 6) is -2.05. The SMILES string of the molecule is COc1ccc(-c2nnc(NC(=O)[C@@H]3CCCC[C@H]3C(=O)[O-])s2)cc1. The number of aromatic nitrogens is 2. The van der Waals surface area contributed by atoms with Crippen molar-refractivity contribution in [1.29, 1.82) is 0 Å².